The van der Waals surface area contributed by atoms with E-state index in [9.17, 15) is 9.18 Å². The zero-order chi connectivity index (χ0) is 19.3. The van der Waals surface area contributed by atoms with E-state index in [0.29, 0.717) is 25.2 Å². The van der Waals surface area contributed by atoms with Crippen LogP contribution >= 0.6 is 11.3 Å². The lowest BCUT2D eigenvalue weighted by atomic mass is 10.1. The summed E-state index contributed by atoms with van der Waals surface area (Å²) in [6.07, 6.45) is 6.87. The van der Waals surface area contributed by atoms with Crippen LogP contribution in [0.2, 0.25) is 0 Å². The number of likely N-dealkylation sites (tertiary alicyclic amines) is 1. The number of rotatable bonds is 5. The molecule has 1 fully saturated rings. The van der Waals surface area contributed by atoms with Crippen molar-refractivity contribution in [2.75, 3.05) is 18.4 Å². The number of carbonyl (C=O) groups is 1. The van der Waals surface area contributed by atoms with Crippen LogP contribution in [-0.2, 0) is 6.42 Å². The first kappa shape index (κ1) is 18.4. The van der Waals surface area contributed by atoms with Crippen molar-refractivity contribution in [3.63, 3.8) is 0 Å². The van der Waals surface area contributed by atoms with Crippen molar-refractivity contribution in [3.05, 3.63) is 64.9 Å². The van der Waals surface area contributed by atoms with Gasteiger partial charge in [-0.05, 0) is 30.5 Å². The highest BCUT2D eigenvalue weighted by Gasteiger charge is 2.25. The summed E-state index contributed by atoms with van der Waals surface area (Å²) in [5.74, 6) is -0.323. The Bertz CT molecular complexity index is 925. The molecule has 0 bridgehead atoms. The zero-order valence-electron chi connectivity index (χ0n) is 15.1. The molecular formula is C19H19FN6OS. The number of hydrogen-bond donors (Lipinski definition) is 1. The maximum Gasteiger partial charge on any atom is 0.274 e. The Balaban J connectivity index is 1.29. The lowest BCUT2D eigenvalue weighted by Gasteiger charge is -2.31. The maximum atomic E-state index is 13.0. The van der Waals surface area contributed by atoms with E-state index in [1.807, 2.05) is 4.90 Å². The Morgan fingerprint density at radius 1 is 1.18 bits per heavy atom. The van der Waals surface area contributed by atoms with Gasteiger partial charge in [-0.1, -0.05) is 23.5 Å². The number of amides is 1. The first-order valence-corrected chi connectivity index (χ1v) is 9.87. The highest BCUT2D eigenvalue weighted by atomic mass is 32.1. The maximum absolute atomic E-state index is 13.0. The summed E-state index contributed by atoms with van der Waals surface area (Å²) in [4.78, 5) is 22.3. The summed E-state index contributed by atoms with van der Waals surface area (Å²) >= 11 is 1.50. The van der Waals surface area contributed by atoms with Gasteiger partial charge in [-0.2, -0.15) is 0 Å². The molecular weight excluding hydrogens is 379 g/mol. The van der Waals surface area contributed by atoms with Crippen molar-refractivity contribution in [1.82, 2.24) is 25.1 Å². The van der Waals surface area contributed by atoms with Crippen LogP contribution in [0.1, 0.15) is 33.9 Å². The van der Waals surface area contributed by atoms with Gasteiger partial charge in [0, 0.05) is 37.9 Å². The normalized spacial score (nSPS) is 14.8. The highest BCUT2D eigenvalue weighted by Crippen LogP contribution is 2.22. The quantitative estimate of drug-likeness (QED) is 0.712. The van der Waals surface area contributed by atoms with Gasteiger partial charge in [0.1, 0.15) is 16.5 Å². The molecule has 144 valence electrons. The first-order chi connectivity index (χ1) is 13.7. The van der Waals surface area contributed by atoms with Crippen LogP contribution in [0.5, 0.6) is 0 Å². The van der Waals surface area contributed by atoms with Gasteiger partial charge in [-0.25, -0.2) is 9.37 Å². The molecule has 28 heavy (non-hydrogen) atoms. The number of nitrogens with zero attached hydrogens (tertiary/aromatic N) is 5. The number of aromatic nitrogens is 4. The van der Waals surface area contributed by atoms with Gasteiger partial charge < -0.3 is 10.2 Å². The molecule has 0 atom stereocenters. The summed E-state index contributed by atoms with van der Waals surface area (Å²) in [7, 11) is 0. The number of hydrogen-bond acceptors (Lipinski definition) is 7. The minimum atomic E-state index is -0.243. The fourth-order valence-corrected chi connectivity index (χ4v) is 3.98. The number of carbonyl (C=O) groups excluding carboxylic acids is 1. The van der Waals surface area contributed by atoms with Crippen molar-refractivity contribution in [1.29, 1.82) is 0 Å². The van der Waals surface area contributed by atoms with Crippen LogP contribution in [0.25, 0.3) is 0 Å². The van der Waals surface area contributed by atoms with Crippen LogP contribution in [0.4, 0.5) is 9.52 Å². The topological polar surface area (TPSA) is 83.9 Å². The molecule has 7 nitrogen and oxygen atoms in total. The molecule has 0 radical (unpaired) electrons. The summed E-state index contributed by atoms with van der Waals surface area (Å²) in [6, 6.07) is 6.66. The van der Waals surface area contributed by atoms with E-state index in [-0.39, 0.29) is 17.8 Å². The average Bonchev–Trinajstić information content (AvgIpc) is 3.17. The van der Waals surface area contributed by atoms with Crippen LogP contribution in [0.3, 0.4) is 0 Å². The van der Waals surface area contributed by atoms with Crippen LogP contribution in [0.15, 0.2) is 42.9 Å². The van der Waals surface area contributed by atoms with Crippen molar-refractivity contribution >= 4 is 22.4 Å². The molecule has 0 saturated carbocycles. The molecule has 0 unspecified atom stereocenters. The molecule has 1 saturated heterocycles. The number of benzene rings is 1. The largest absolute Gasteiger partial charge is 0.357 e. The fraction of sp³-hybridized carbons (Fsp3) is 0.316. The molecule has 9 heteroatoms. The Morgan fingerprint density at radius 3 is 2.68 bits per heavy atom. The molecule has 0 spiro atoms. The third-order valence-corrected chi connectivity index (χ3v) is 5.48. The molecule has 2 aromatic heterocycles. The molecule has 1 aliphatic rings. The molecule has 1 amide bonds. The summed E-state index contributed by atoms with van der Waals surface area (Å²) < 4.78 is 13.0. The lowest BCUT2D eigenvalue weighted by Crippen LogP contribution is -2.42. The van der Waals surface area contributed by atoms with Crippen molar-refractivity contribution in [3.8, 4) is 0 Å². The molecule has 3 heterocycles. The van der Waals surface area contributed by atoms with Crippen molar-refractivity contribution < 1.29 is 9.18 Å². The Morgan fingerprint density at radius 2 is 1.96 bits per heavy atom. The second-order valence-electron chi connectivity index (χ2n) is 6.61. The lowest BCUT2D eigenvalue weighted by molar-refractivity contribution is 0.0712. The van der Waals surface area contributed by atoms with Crippen LogP contribution < -0.4 is 5.32 Å². The molecule has 1 N–H and O–H groups in total. The number of halogens is 1. The van der Waals surface area contributed by atoms with E-state index in [4.69, 9.17) is 0 Å². The average molecular weight is 398 g/mol. The second kappa shape index (κ2) is 8.39. The van der Waals surface area contributed by atoms with Crippen molar-refractivity contribution in [2.24, 2.45) is 0 Å². The van der Waals surface area contributed by atoms with Crippen LogP contribution in [0, 0.1) is 5.82 Å². The smallest absolute Gasteiger partial charge is 0.274 e. The van der Waals surface area contributed by atoms with Gasteiger partial charge in [-0.15, -0.1) is 10.2 Å². The fourth-order valence-electron chi connectivity index (χ4n) is 3.13. The zero-order valence-corrected chi connectivity index (χ0v) is 15.9. The van der Waals surface area contributed by atoms with Crippen LogP contribution in [-0.4, -0.2) is 50.1 Å². The SMILES string of the molecule is O=C(c1cnccn1)N1CCC(Nc2nnc(Cc3ccc(F)cc3)s2)CC1. The van der Waals surface area contributed by atoms with Gasteiger partial charge >= 0.3 is 0 Å². The Hall–Kier alpha value is -2.94. The molecule has 0 aliphatic carbocycles. The third-order valence-electron chi connectivity index (χ3n) is 4.63. The van der Waals surface area contributed by atoms with Gasteiger partial charge in [0.15, 0.2) is 0 Å². The van der Waals surface area contributed by atoms with E-state index in [1.54, 1.807) is 18.3 Å². The molecule has 1 aliphatic heterocycles. The molecule has 3 aromatic rings. The Kier molecular flexibility index (Phi) is 5.52. The van der Waals surface area contributed by atoms with E-state index < -0.39 is 0 Å². The first-order valence-electron chi connectivity index (χ1n) is 9.06. The molecule has 1 aromatic carbocycles. The van der Waals surface area contributed by atoms with Gasteiger partial charge in [0.05, 0.1) is 6.20 Å². The van der Waals surface area contributed by atoms with E-state index >= 15 is 0 Å². The molecule has 4 rings (SSSR count). The predicted octanol–water partition coefficient (Wildman–Crippen LogP) is 2.77. The van der Waals surface area contributed by atoms with E-state index in [2.05, 4.69) is 25.5 Å². The second-order valence-corrected chi connectivity index (χ2v) is 7.67. The number of piperidine rings is 1. The summed E-state index contributed by atoms with van der Waals surface area (Å²) in [5.41, 5.74) is 1.38. The minimum Gasteiger partial charge on any atom is -0.357 e. The van der Waals surface area contributed by atoms with Gasteiger partial charge in [0.2, 0.25) is 5.13 Å². The predicted molar refractivity (Wildman–Crippen MR) is 104 cm³/mol. The standard InChI is InChI=1S/C19H19FN6OS/c20-14-3-1-13(2-4-14)11-17-24-25-19(28-17)23-15-5-9-26(10-6-15)18(27)16-12-21-7-8-22-16/h1-4,7-8,12,15H,5-6,9-11H2,(H,23,25). The monoisotopic (exact) mass is 398 g/mol. The Labute approximate surface area is 165 Å². The van der Waals surface area contributed by atoms with Gasteiger partial charge in [0.25, 0.3) is 5.91 Å². The summed E-state index contributed by atoms with van der Waals surface area (Å²) in [5, 5.41) is 13.5. The third kappa shape index (κ3) is 4.48. The highest BCUT2D eigenvalue weighted by molar-refractivity contribution is 7.15. The van der Waals surface area contributed by atoms with E-state index in [0.717, 1.165) is 28.5 Å². The summed E-state index contributed by atoms with van der Waals surface area (Å²) in [6.45, 7) is 1.32. The number of anilines is 1. The minimum absolute atomic E-state index is 0.0796. The van der Waals surface area contributed by atoms with E-state index in [1.165, 1.54) is 35.9 Å². The number of nitrogens with one attached hydrogen (secondary N) is 1. The van der Waals surface area contributed by atoms with Crippen molar-refractivity contribution in [2.45, 2.75) is 25.3 Å². The van der Waals surface area contributed by atoms with Gasteiger partial charge in [-0.3, -0.25) is 9.78 Å².